The Bertz CT molecular complexity index is 2370. The second-order valence-electron chi connectivity index (χ2n) is 12.5. The quantitative estimate of drug-likeness (QED) is 0.139. The Morgan fingerprint density at radius 2 is 0.509 bits per heavy atom. The Labute approximate surface area is 311 Å². The van der Waals surface area contributed by atoms with Crippen LogP contribution in [-0.4, -0.2) is 19.9 Å². The zero-order chi connectivity index (χ0) is 35.3. The van der Waals surface area contributed by atoms with Gasteiger partial charge in [0.25, 0.3) is 0 Å². The van der Waals surface area contributed by atoms with Gasteiger partial charge in [-0.3, -0.25) is 0 Å². The van der Waals surface area contributed by atoms with Gasteiger partial charge in [-0.1, -0.05) is 48.5 Å². The number of fused-ring (bicyclic) bond motifs is 8. The molecule has 0 fully saturated rings. The Morgan fingerprint density at radius 3 is 0.717 bits per heavy atom. The van der Waals surface area contributed by atoms with Gasteiger partial charge >= 0.3 is 0 Å². The number of hydrogen-bond donors (Lipinski definition) is 2. The predicted octanol–water partition coefficient (Wildman–Crippen LogP) is 11.9. The minimum absolute atomic E-state index is 0. The van der Waals surface area contributed by atoms with Crippen LogP contribution in [0.2, 0.25) is 0 Å². The van der Waals surface area contributed by atoms with Crippen LogP contribution in [0.15, 0.2) is 121 Å². The summed E-state index contributed by atoms with van der Waals surface area (Å²) in [6, 6.07) is 32.7. The van der Waals surface area contributed by atoms with Crippen LogP contribution in [0.3, 0.4) is 0 Å². The molecule has 9 rings (SSSR count). The molecule has 7 aromatic rings. The van der Waals surface area contributed by atoms with Gasteiger partial charge in [-0.15, -0.1) is 0 Å². The van der Waals surface area contributed by atoms with E-state index in [4.69, 9.17) is 9.97 Å². The SMILES string of the molecule is Fc1ccc(-c2c3nc(c(-c4ccc(F)cc4)c4ccc([nH]4)c(-c4ccc(F)cc4)c4nc(c(-c5ccc(F)cc5)c5ccc2[nH]5)C=C4)C=C3)cc1.[Mn]. The molecule has 2 aliphatic rings. The third kappa shape index (κ3) is 6.31. The summed E-state index contributed by atoms with van der Waals surface area (Å²) in [6.07, 6.45) is 7.63. The van der Waals surface area contributed by atoms with E-state index in [0.29, 0.717) is 44.8 Å². The van der Waals surface area contributed by atoms with Crippen LogP contribution in [0.25, 0.3) is 90.9 Å². The molecule has 8 bridgehead atoms. The third-order valence-corrected chi connectivity index (χ3v) is 9.29. The van der Waals surface area contributed by atoms with E-state index in [9.17, 15) is 17.6 Å². The molecule has 0 atom stereocenters. The first-order valence-corrected chi connectivity index (χ1v) is 16.6. The molecule has 2 aliphatic heterocycles. The summed E-state index contributed by atoms with van der Waals surface area (Å²) in [5.41, 5.74) is 11.3. The van der Waals surface area contributed by atoms with E-state index in [0.717, 1.165) is 44.5 Å². The van der Waals surface area contributed by atoms with E-state index in [1.54, 1.807) is 48.5 Å². The van der Waals surface area contributed by atoms with Gasteiger partial charge in [-0.05, 0) is 119 Å². The molecule has 0 saturated heterocycles. The van der Waals surface area contributed by atoms with Crippen LogP contribution in [0, 0.1) is 23.3 Å². The van der Waals surface area contributed by atoms with Crippen molar-refractivity contribution in [2.45, 2.75) is 0 Å². The fraction of sp³-hybridized carbons (Fsp3) is 0. The van der Waals surface area contributed by atoms with Gasteiger partial charge in [-0.2, -0.15) is 0 Å². The topological polar surface area (TPSA) is 57.4 Å². The van der Waals surface area contributed by atoms with Crippen LogP contribution in [0.1, 0.15) is 22.8 Å². The maximum Gasteiger partial charge on any atom is 0.123 e. The number of hydrogen-bond acceptors (Lipinski definition) is 2. The molecule has 9 heteroatoms. The van der Waals surface area contributed by atoms with E-state index in [1.807, 2.05) is 48.6 Å². The fourth-order valence-electron chi connectivity index (χ4n) is 6.89. The maximum atomic E-state index is 14.2. The molecule has 1 radical (unpaired) electrons. The van der Waals surface area contributed by atoms with Crippen molar-refractivity contribution < 1.29 is 34.6 Å². The van der Waals surface area contributed by atoms with Crippen molar-refractivity contribution in [3.8, 4) is 44.5 Å². The van der Waals surface area contributed by atoms with Crippen molar-refractivity contribution in [1.29, 1.82) is 0 Å². The molecule has 4 aromatic carbocycles. The van der Waals surface area contributed by atoms with Gasteiger partial charge in [0.15, 0.2) is 0 Å². The van der Waals surface area contributed by atoms with E-state index >= 15 is 0 Å². The molecule has 53 heavy (non-hydrogen) atoms. The van der Waals surface area contributed by atoms with E-state index < -0.39 is 0 Å². The molecular formula is C44H26F4MnN4. The number of nitrogens with zero attached hydrogens (tertiary/aromatic N) is 2. The molecule has 3 aromatic heterocycles. The fourth-order valence-corrected chi connectivity index (χ4v) is 6.89. The largest absolute Gasteiger partial charge is 0.354 e. The van der Waals surface area contributed by atoms with Crippen molar-refractivity contribution in [2.24, 2.45) is 0 Å². The Morgan fingerprint density at radius 1 is 0.302 bits per heavy atom. The second kappa shape index (κ2) is 13.7. The number of halogens is 4. The Balaban J connectivity index is 0.00000400. The van der Waals surface area contributed by atoms with Gasteiger partial charge < -0.3 is 9.97 Å². The number of nitrogens with one attached hydrogen (secondary N) is 2. The molecule has 0 saturated carbocycles. The zero-order valence-corrected chi connectivity index (χ0v) is 28.8. The Kier molecular flexibility index (Phi) is 8.74. The van der Waals surface area contributed by atoms with Gasteiger partial charge in [-0.25, -0.2) is 27.5 Å². The molecular weight excluding hydrogens is 715 g/mol. The van der Waals surface area contributed by atoms with Crippen LogP contribution in [0.4, 0.5) is 17.6 Å². The summed E-state index contributed by atoms with van der Waals surface area (Å²) < 4.78 is 56.8. The normalized spacial score (nSPS) is 11.8. The predicted molar refractivity (Wildman–Crippen MR) is 200 cm³/mol. The van der Waals surface area contributed by atoms with Crippen LogP contribution in [0.5, 0.6) is 0 Å². The average Bonchev–Trinajstić information content (AvgIpc) is 3.99. The molecule has 5 heterocycles. The Hall–Kier alpha value is -6.28. The summed E-state index contributed by atoms with van der Waals surface area (Å²) in [7, 11) is 0. The summed E-state index contributed by atoms with van der Waals surface area (Å²) in [5, 5.41) is 0. The number of H-pyrrole nitrogens is 2. The zero-order valence-electron chi connectivity index (χ0n) is 27.6. The number of rotatable bonds is 4. The minimum atomic E-state index is -0.364. The van der Waals surface area contributed by atoms with Gasteiger partial charge in [0.05, 0.1) is 22.8 Å². The molecule has 257 valence electrons. The van der Waals surface area contributed by atoms with E-state index in [-0.39, 0.29) is 40.3 Å². The first-order chi connectivity index (χ1) is 25.4. The van der Waals surface area contributed by atoms with Gasteiger partial charge in [0.2, 0.25) is 0 Å². The first-order valence-electron chi connectivity index (χ1n) is 16.6. The van der Waals surface area contributed by atoms with Crippen LogP contribution in [-0.2, 0) is 17.1 Å². The minimum Gasteiger partial charge on any atom is -0.354 e. The number of benzene rings is 4. The van der Waals surface area contributed by atoms with Crippen molar-refractivity contribution in [3.63, 3.8) is 0 Å². The van der Waals surface area contributed by atoms with Gasteiger partial charge in [0, 0.05) is 61.4 Å². The van der Waals surface area contributed by atoms with Gasteiger partial charge in [0.1, 0.15) is 23.3 Å². The third-order valence-electron chi connectivity index (χ3n) is 9.29. The maximum absolute atomic E-state index is 14.2. The summed E-state index contributed by atoms with van der Waals surface area (Å²) >= 11 is 0. The van der Waals surface area contributed by atoms with Crippen molar-refractivity contribution in [2.75, 3.05) is 0 Å². The smallest absolute Gasteiger partial charge is 0.123 e. The summed E-state index contributed by atoms with van der Waals surface area (Å²) in [5.74, 6) is -1.45. The summed E-state index contributed by atoms with van der Waals surface area (Å²) in [6.45, 7) is 0. The van der Waals surface area contributed by atoms with Crippen LogP contribution < -0.4 is 0 Å². The molecule has 4 nitrogen and oxygen atoms in total. The summed E-state index contributed by atoms with van der Waals surface area (Å²) in [4.78, 5) is 17.4. The molecule has 0 unspecified atom stereocenters. The van der Waals surface area contributed by atoms with E-state index in [1.165, 1.54) is 48.5 Å². The van der Waals surface area contributed by atoms with E-state index in [2.05, 4.69) is 9.97 Å². The average molecular weight is 742 g/mol. The second-order valence-corrected chi connectivity index (χ2v) is 12.5. The van der Waals surface area contributed by atoms with Crippen LogP contribution >= 0.6 is 0 Å². The molecule has 0 aliphatic carbocycles. The monoisotopic (exact) mass is 741 g/mol. The van der Waals surface area contributed by atoms with Crippen molar-refractivity contribution in [3.05, 3.63) is 167 Å². The van der Waals surface area contributed by atoms with Crippen molar-refractivity contribution in [1.82, 2.24) is 19.9 Å². The molecule has 2 N–H and O–H groups in total. The molecule has 0 spiro atoms. The number of aromatic amines is 2. The standard InChI is InChI=1S/C44H26F4N4.Mn/c45-29-9-1-25(2-10-29)41-33-17-19-35(49-33)42(26-3-11-30(46)12-4-26)37-21-23-39(51-37)44(28-7-15-32(48)16-8-28)40-24-22-38(52-40)43(36-20-18-34(41)50-36)27-5-13-31(47)14-6-27;/h1-24,49,52H;. The molecule has 0 amide bonds. The first kappa shape index (κ1) is 33.8. The number of aromatic nitrogens is 4. The van der Waals surface area contributed by atoms with Crippen molar-refractivity contribution >= 4 is 46.4 Å².